The lowest BCUT2D eigenvalue weighted by atomic mass is 10.2. The highest BCUT2D eigenvalue weighted by Gasteiger charge is 2.13. The molecule has 6 heteroatoms. The van der Waals surface area contributed by atoms with Crippen LogP contribution < -0.4 is 10.6 Å². The van der Waals surface area contributed by atoms with E-state index in [9.17, 15) is 9.59 Å². The second-order valence-electron chi connectivity index (χ2n) is 4.92. The maximum Gasteiger partial charge on any atom is 0.291 e. The van der Waals surface area contributed by atoms with Crippen molar-refractivity contribution < 1.29 is 14.0 Å². The number of nitrogens with one attached hydrogen (secondary N) is 2. The highest BCUT2D eigenvalue weighted by Crippen LogP contribution is 2.23. The van der Waals surface area contributed by atoms with E-state index in [1.807, 2.05) is 31.2 Å². The average Bonchev–Trinajstić information content (AvgIpc) is 3.20. The second kappa shape index (κ2) is 6.50. The Balaban J connectivity index is 1.65. The van der Waals surface area contributed by atoms with Crippen molar-refractivity contribution in [2.45, 2.75) is 6.92 Å². The number of furan rings is 1. The van der Waals surface area contributed by atoms with Crippen LogP contribution >= 0.6 is 11.3 Å². The Morgan fingerprint density at radius 1 is 0.957 bits per heavy atom. The summed E-state index contributed by atoms with van der Waals surface area (Å²) in [5.41, 5.74) is 1.86. The van der Waals surface area contributed by atoms with E-state index in [1.165, 1.54) is 17.6 Å². The summed E-state index contributed by atoms with van der Waals surface area (Å²) in [7, 11) is 0. The van der Waals surface area contributed by atoms with E-state index in [0.29, 0.717) is 9.88 Å². The van der Waals surface area contributed by atoms with Crippen LogP contribution in [0.4, 0.5) is 10.7 Å². The molecular formula is C17H14N2O3S. The predicted octanol–water partition coefficient (Wildman–Crippen LogP) is 4.15. The Morgan fingerprint density at radius 2 is 1.74 bits per heavy atom. The summed E-state index contributed by atoms with van der Waals surface area (Å²) >= 11 is 1.20. The number of hydrogen-bond acceptors (Lipinski definition) is 4. The fraction of sp³-hybridized carbons (Fsp3) is 0.0588. The van der Waals surface area contributed by atoms with Crippen LogP contribution in [0, 0.1) is 6.92 Å². The molecule has 0 unspecified atom stereocenters. The second-order valence-corrected chi connectivity index (χ2v) is 6.00. The van der Waals surface area contributed by atoms with E-state index in [0.717, 1.165) is 11.3 Å². The highest BCUT2D eigenvalue weighted by atomic mass is 32.1. The summed E-state index contributed by atoms with van der Waals surface area (Å²) < 4.78 is 5.02. The van der Waals surface area contributed by atoms with Crippen LogP contribution in [0.1, 0.15) is 25.8 Å². The number of rotatable bonds is 4. The number of carbonyl (C=O) groups excluding carboxylic acids is 2. The molecule has 0 bridgehead atoms. The van der Waals surface area contributed by atoms with Gasteiger partial charge in [-0.15, -0.1) is 11.3 Å². The monoisotopic (exact) mass is 326 g/mol. The lowest BCUT2D eigenvalue weighted by molar-refractivity contribution is 0.0995. The maximum absolute atomic E-state index is 12.2. The number of thiophene rings is 1. The average molecular weight is 326 g/mol. The summed E-state index contributed by atoms with van der Waals surface area (Å²) in [6, 6.07) is 14.1. The Bertz CT molecular complexity index is 820. The Labute approximate surface area is 136 Å². The molecule has 1 aromatic carbocycles. The van der Waals surface area contributed by atoms with Crippen LogP contribution in [-0.2, 0) is 0 Å². The van der Waals surface area contributed by atoms with E-state index in [2.05, 4.69) is 10.6 Å². The number of benzene rings is 1. The van der Waals surface area contributed by atoms with Crippen LogP contribution in [0.3, 0.4) is 0 Å². The molecule has 0 saturated carbocycles. The number of hydrogen-bond donors (Lipinski definition) is 2. The highest BCUT2D eigenvalue weighted by molar-refractivity contribution is 7.18. The number of amides is 2. The quantitative estimate of drug-likeness (QED) is 0.756. The fourth-order valence-corrected chi connectivity index (χ4v) is 2.73. The van der Waals surface area contributed by atoms with Gasteiger partial charge < -0.3 is 15.1 Å². The van der Waals surface area contributed by atoms with E-state index in [-0.39, 0.29) is 17.6 Å². The molecule has 0 fully saturated rings. The number of aryl methyl sites for hydroxylation is 1. The van der Waals surface area contributed by atoms with Crippen LogP contribution in [0.5, 0.6) is 0 Å². The van der Waals surface area contributed by atoms with Crippen molar-refractivity contribution in [1.82, 2.24) is 0 Å². The lowest BCUT2D eigenvalue weighted by Gasteiger charge is -2.03. The summed E-state index contributed by atoms with van der Waals surface area (Å²) in [6.07, 6.45) is 1.43. The Kier molecular flexibility index (Phi) is 4.25. The molecule has 0 aliphatic rings. The van der Waals surface area contributed by atoms with Gasteiger partial charge in [0, 0.05) is 5.69 Å². The molecule has 0 aliphatic heterocycles. The number of anilines is 2. The Hall–Kier alpha value is -2.86. The van der Waals surface area contributed by atoms with Crippen molar-refractivity contribution in [3.8, 4) is 0 Å². The minimum absolute atomic E-state index is 0.211. The molecule has 0 atom stereocenters. The summed E-state index contributed by atoms with van der Waals surface area (Å²) in [6.45, 7) is 1.98. The van der Waals surface area contributed by atoms with Gasteiger partial charge in [-0.25, -0.2) is 0 Å². The normalized spacial score (nSPS) is 10.3. The van der Waals surface area contributed by atoms with Gasteiger partial charge in [-0.05, 0) is 43.3 Å². The molecule has 5 nitrogen and oxygen atoms in total. The largest absolute Gasteiger partial charge is 0.459 e. The molecule has 0 radical (unpaired) electrons. The maximum atomic E-state index is 12.2. The van der Waals surface area contributed by atoms with E-state index < -0.39 is 0 Å². The van der Waals surface area contributed by atoms with Crippen molar-refractivity contribution in [2.75, 3.05) is 10.6 Å². The molecule has 2 heterocycles. The summed E-state index contributed by atoms with van der Waals surface area (Å²) in [4.78, 5) is 24.6. The van der Waals surface area contributed by atoms with Gasteiger partial charge in [-0.3, -0.25) is 9.59 Å². The van der Waals surface area contributed by atoms with Crippen molar-refractivity contribution in [3.63, 3.8) is 0 Å². The Morgan fingerprint density at radius 3 is 2.43 bits per heavy atom. The third-order valence-corrected chi connectivity index (χ3v) is 4.12. The SMILES string of the molecule is Cc1ccc(NC(=O)c2ccc(NC(=O)c3ccco3)s2)cc1. The zero-order chi connectivity index (χ0) is 16.2. The minimum Gasteiger partial charge on any atom is -0.459 e. The van der Waals surface area contributed by atoms with Crippen molar-refractivity contribution >= 4 is 33.8 Å². The first-order valence-corrected chi connectivity index (χ1v) is 7.76. The van der Waals surface area contributed by atoms with Crippen molar-refractivity contribution in [1.29, 1.82) is 0 Å². The molecule has 2 N–H and O–H groups in total. The third-order valence-electron chi connectivity index (χ3n) is 3.12. The molecule has 0 spiro atoms. The molecule has 0 aliphatic carbocycles. The van der Waals surface area contributed by atoms with Gasteiger partial charge in [0.25, 0.3) is 11.8 Å². The topological polar surface area (TPSA) is 71.3 Å². The molecule has 23 heavy (non-hydrogen) atoms. The van der Waals surface area contributed by atoms with Gasteiger partial charge in [0.05, 0.1) is 16.1 Å². The van der Waals surface area contributed by atoms with E-state index in [1.54, 1.807) is 24.3 Å². The minimum atomic E-state index is -0.345. The predicted molar refractivity (Wildman–Crippen MR) is 90.1 cm³/mol. The van der Waals surface area contributed by atoms with Gasteiger partial charge in [0.2, 0.25) is 0 Å². The van der Waals surface area contributed by atoms with Gasteiger partial charge in [0.1, 0.15) is 0 Å². The van der Waals surface area contributed by atoms with E-state index >= 15 is 0 Å². The molecule has 2 aromatic heterocycles. The van der Waals surface area contributed by atoms with Gasteiger partial charge in [-0.1, -0.05) is 17.7 Å². The fourth-order valence-electron chi connectivity index (χ4n) is 1.94. The summed E-state index contributed by atoms with van der Waals surface area (Å²) in [5, 5.41) is 6.10. The first kappa shape index (κ1) is 15.1. The smallest absolute Gasteiger partial charge is 0.291 e. The zero-order valence-electron chi connectivity index (χ0n) is 12.3. The van der Waals surface area contributed by atoms with Crippen LogP contribution in [0.25, 0.3) is 0 Å². The first-order valence-electron chi connectivity index (χ1n) is 6.94. The lowest BCUT2D eigenvalue weighted by Crippen LogP contribution is -2.10. The van der Waals surface area contributed by atoms with Crippen LogP contribution in [-0.4, -0.2) is 11.8 Å². The molecule has 3 aromatic rings. The summed E-state index contributed by atoms with van der Waals surface area (Å²) in [5.74, 6) is -0.330. The molecule has 0 saturated heterocycles. The molecular weight excluding hydrogens is 312 g/mol. The van der Waals surface area contributed by atoms with Gasteiger partial charge in [-0.2, -0.15) is 0 Å². The van der Waals surface area contributed by atoms with Crippen molar-refractivity contribution in [2.24, 2.45) is 0 Å². The number of carbonyl (C=O) groups is 2. The van der Waals surface area contributed by atoms with Crippen molar-refractivity contribution in [3.05, 3.63) is 71.0 Å². The standard InChI is InChI=1S/C17H14N2O3S/c1-11-4-6-12(7-5-11)18-17(21)14-8-9-15(23-14)19-16(20)13-3-2-10-22-13/h2-10H,1H3,(H,18,21)(H,19,20). The van der Waals surface area contributed by atoms with Crippen LogP contribution in [0.15, 0.2) is 59.2 Å². The zero-order valence-corrected chi connectivity index (χ0v) is 13.1. The van der Waals surface area contributed by atoms with Crippen LogP contribution in [0.2, 0.25) is 0 Å². The van der Waals surface area contributed by atoms with Gasteiger partial charge in [0.15, 0.2) is 5.76 Å². The third kappa shape index (κ3) is 3.67. The molecule has 2 amide bonds. The van der Waals surface area contributed by atoms with E-state index in [4.69, 9.17) is 4.42 Å². The first-order chi connectivity index (χ1) is 11.1. The molecule has 3 rings (SSSR count). The molecule has 116 valence electrons. The van der Waals surface area contributed by atoms with Gasteiger partial charge >= 0.3 is 0 Å².